The van der Waals surface area contributed by atoms with Gasteiger partial charge in [0.15, 0.2) is 5.43 Å². The van der Waals surface area contributed by atoms with Gasteiger partial charge in [-0.25, -0.2) is 0 Å². The fourth-order valence-electron chi connectivity index (χ4n) is 5.81. The minimum absolute atomic E-state index is 0.114. The van der Waals surface area contributed by atoms with Gasteiger partial charge in [0.05, 0.1) is 22.1 Å². The van der Waals surface area contributed by atoms with Gasteiger partial charge in [0.25, 0.3) is 0 Å². The smallest absolute Gasteiger partial charge is 0.192 e. The number of benzene rings is 5. The number of hydrogen-bond donors (Lipinski definition) is 0. The first-order chi connectivity index (χ1) is 18.6. The minimum Gasteiger partial charge on any atom is -0.307 e. The quantitative estimate of drug-likeness (QED) is 0.227. The summed E-state index contributed by atoms with van der Waals surface area (Å²) >= 11 is 0. The Morgan fingerprint density at radius 3 is 1.97 bits per heavy atom. The van der Waals surface area contributed by atoms with Gasteiger partial charge >= 0.3 is 0 Å². The molecule has 0 fully saturated rings. The van der Waals surface area contributed by atoms with Gasteiger partial charge in [-0.15, -0.1) is 0 Å². The van der Waals surface area contributed by atoms with Gasteiger partial charge in [-0.05, 0) is 54.1 Å². The van der Waals surface area contributed by atoms with Gasteiger partial charge in [0.2, 0.25) is 0 Å². The van der Waals surface area contributed by atoms with Gasteiger partial charge < -0.3 is 4.40 Å². The van der Waals surface area contributed by atoms with Crippen molar-refractivity contribution in [1.82, 2.24) is 4.40 Å². The molecule has 0 atom stereocenters. The molecule has 2 heteroatoms. The number of aryl methyl sites for hydroxylation is 2. The normalized spacial score (nSPS) is 11.6. The zero-order chi connectivity index (χ0) is 25.8. The Labute approximate surface area is 221 Å². The van der Waals surface area contributed by atoms with Gasteiger partial charge in [-0.3, -0.25) is 4.79 Å². The second-order valence-electron chi connectivity index (χ2n) is 10.3. The maximum atomic E-state index is 14.4. The molecule has 2 heterocycles. The average Bonchev–Trinajstić information content (AvgIpc) is 3.30. The molecule has 2 nitrogen and oxygen atoms in total. The molecule has 182 valence electrons. The first-order valence-electron chi connectivity index (χ1n) is 13.1. The van der Waals surface area contributed by atoms with Crippen molar-refractivity contribution in [2.24, 2.45) is 0 Å². The van der Waals surface area contributed by atoms with Gasteiger partial charge in [0.1, 0.15) is 0 Å². The van der Waals surface area contributed by atoms with Crippen LogP contribution in [0.2, 0.25) is 0 Å². The van der Waals surface area contributed by atoms with E-state index in [0.29, 0.717) is 6.42 Å². The van der Waals surface area contributed by atoms with Crippen molar-refractivity contribution in [1.29, 1.82) is 0 Å². The summed E-state index contributed by atoms with van der Waals surface area (Å²) in [4.78, 5) is 14.4. The SMILES string of the molecule is Cc1ccc(-c2c(-c3ccc(C)cc3)n3c4ccccc4cc4cc(Cc5ccccc5)c(=O)c2c43)cc1. The molecule has 7 rings (SSSR count). The lowest BCUT2D eigenvalue weighted by Gasteiger charge is -2.12. The van der Waals surface area contributed by atoms with Gasteiger partial charge in [0, 0.05) is 22.9 Å². The molecule has 38 heavy (non-hydrogen) atoms. The molecular weight excluding hydrogens is 462 g/mol. The van der Waals surface area contributed by atoms with E-state index in [9.17, 15) is 4.79 Å². The predicted molar refractivity (Wildman–Crippen MR) is 159 cm³/mol. The van der Waals surface area contributed by atoms with Crippen LogP contribution < -0.4 is 5.43 Å². The van der Waals surface area contributed by atoms with E-state index in [1.807, 2.05) is 18.2 Å². The van der Waals surface area contributed by atoms with E-state index >= 15 is 0 Å². The minimum atomic E-state index is 0.114. The Bertz CT molecular complexity index is 2000. The third kappa shape index (κ3) is 3.53. The molecule has 0 aliphatic heterocycles. The molecule has 0 bridgehead atoms. The lowest BCUT2D eigenvalue weighted by molar-refractivity contribution is 1.18. The molecule has 5 aromatic carbocycles. The molecule has 7 aromatic rings. The second kappa shape index (κ2) is 8.71. The first-order valence-corrected chi connectivity index (χ1v) is 13.1. The van der Waals surface area contributed by atoms with E-state index in [1.54, 1.807) is 0 Å². The van der Waals surface area contributed by atoms with Crippen LogP contribution in [0.4, 0.5) is 0 Å². The van der Waals surface area contributed by atoms with Crippen LogP contribution in [0.15, 0.2) is 120 Å². The lowest BCUT2D eigenvalue weighted by Crippen LogP contribution is -2.10. The number of rotatable bonds is 4. The second-order valence-corrected chi connectivity index (χ2v) is 10.3. The highest BCUT2D eigenvalue weighted by molar-refractivity contribution is 6.14. The first kappa shape index (κ1) is 22.5. The molecule has 0 aliphatic rings. The van der Waals surface area contributed by atoms with Crippen LogP contribution in [0.25, 0.3) is 49.6 Å². The summed E-state index contributed by atoms with van der Waals surface area (Å²) in [6.07, 6.45) is 0.608. The van der Waals surface area contributed by atoms with Gasteiger partial charge in [-0.1, -0.05) is 108 Å². The molecule has 0 aliphatic carbocycles. The van der Waals surface area contributed by atoms with E-state index in [1.165, 1.54) is 11.1 Å². The maximum absolute atomic E-state index is 14.4. The fourth-order valence-corrected chi connectivity index (χ4v) is 5.81. The lowest BCUT2D eigenvalue weighted by atomic mass is 9.94. The van der Waals surface area contributed by atoms with E-state index < -0.39 is 0 Å². The summed E-state index contributed by atoms with van der Waals surface area (Å²) in [5.74, 6) is 0. The number of pyridine rings is 1. The highest BCUT2D eigenvalue weighted by atomic mass is 16.1. The molecule has 0 N–H and O–H groups in total. The number of fused-ring (bicyclic) bond motifs is 2. The number of aromatic nitrogens is 1. The van der Waals surface area contributed by atoms with Crippen molar-refractivity contribution in [3.63, 3.8) is 0 Å². The van der Waals surface area contributed by atoms with Crippen LogP contribution in [-0.4, -0.2) is 4.40 Å². The van der Waals surface area contributed by atoms with E-state index in [0.717, 1.165) is 60.7 Å². The number of para-hydroxylation sites is 1. The van der Waals surface area contributed by atoms with Crippen LogP contribution in [0, 0.1) is 13.8 Å². The van der Waals surface area contributed by atoms with Crippen molar-refractivity contribution in [2.75, 3.05) is 0 Å². The average molecular weight is 490 g/mol. The highest BCUT2D eigenvalue weighted by Gasteiger charge is 2.25. The Morgan fingerprint density at radius 2 is 1.26 bits per heavy atom. The Balaban J connectivity index is 1.69. The Morgan fingerprint density at radius 1 is 0.632 bits per heavy atom. The summed E-state index contributed by atoms with van der Waals surface area (Å²) in [6.45, 7) is 4.21. The monoisotopic (exact) mass is 489 g/mol. The summed E-state index contributed by atoms with van der Waals surface area (Å²) in [6, 6.07) is 40.4. The summed E-state index contributed by atoms with van der Waals surface area (Å²) in [7, 11) is 0. The summed E-state index contributed by atoms with van der Waals surface area (Å²) in [5.41, 5.74) is 10.8. The Kier molecular flexibility index (Phi) is 5.16. The molecule has 0 radical (unpaired) electrons. The predicted octanol–water partition coefficient (Wildman–Crippen LogP) is 8.59. The van der Waals surface area contributed by atoms with Crippen molar-refractivity contribution in [2.45, 2.75) is 20.3 Å². The summed E-state index contributed by atoms with van der Waals surface area (Å²) in [5, 5.41) is 3.06. The zero-order valence-electron chi connectivity index (χ0n) is 21.5. The third-order valence-electron chi connectivity index (χ3n) is 7.68. The molecule has 0 saturated heterocycles. The van der Waals surface area contributed by atoms with Crippen molar-refractivity contribution in [3.05, 3.63) is 148 Å². The maximum Gasteiger partial charge on any atom is 0.192 e. The van der Waals surface area contributed by atoms with Crippen molar-refractivity contribution >= 4 is 27.2 Å². The van der Waals surface area contributed by atoms with Crippen LogP contribution in [0.5, 0.6) is 0 Å². The fraction of sp³-hybridized carbons (Fsp3) is 0.0833. The van der Waals surface area contributed by atoms with Crippen molar-refractivity contribution in [3.8, 4) is 22.4 Å². The Hall–Kier alpha value is -4.69. The van der Waals surface area contributed by atoms with E-state index in [2.05, 4.69) is 115 Å². The highest BCUT2D eigenvalue weighted by Crippen LogP contribution is 2.43. The topological polar surface area (TPSA) is 21.5 Å². The molecule has 0 saturated carbocycles. The standard InChI is InChI=1S/C36H27NO/c1-23-12-16-26(17-13-23)32-33-35-29(22-30(36(33)38)20-25-8-4-3-5-9-25)21-28-10-6-7-11-31(28)37(35)34(32)27-18-14-24(2)15-19-27/h3-19,21-22H,20H2,1-2H3. The van der Waals surface area contributed by atoms with Crippen LogP contribution in [0.3, 0.4) is 0 Å². The molecule has 2 aromatic heterocycles. The number of nitrogens with zero attached hydrogens (tertiary/aromatic N) is 1. The zero-order valence-corrected chi connectivity index (χ0v) is 21.5. The molecular formula is C36H27NO. The van der Waals surface area contributed by atoms with Crippen LogP contribution in [0.1, 0.15) is 22.3 Å². The van der Waals surface area contributed by atoms with Crippen LogP contribution in [-0.2, 0) is 6.42 Å². The number of hydrogen-bond acceptors (Lipinski definition) is 1. The van der Waals surface area contributed by atoms with Crippen molar-refractivity contribution < 1.29 is 0 Å². The molecule has 0 unspecified atom stereocenters. The summed E-state index contributed by atoms with van der Waals surface area (Å²) < 4.78 is 2.33. The van der Waals surface area contributed by atoms with E-state index in [4.69, 9.17) is 0 Å². The largest absolute Gasteiger partial charge is 0.307 e. The molecule has 0 amide bonds. The molecule has 0 spiro atoms. The van der Waals surface area contributed by atoms with Gasteiger partial charge in [-0.2, -0.15) is 0 Å². The van der Waals surface area contributed by atoms with Crippen LogP contribution >= 0.6 is 0 Å². The van der Waals surface area contributed by atoms with E-state index in [-0.39, 0.29) is 5.43 Å². The third-order valence-corrected chi connectivity index (χ3v) is 7.68.